The Morgan fingerprint density at radius 1 is 0.938 bits per heavy atom. The van der Waals surface area contributed by atoms with Crippen LogP contribution in [0.5, 0.6) is 0 Å². The van der Waals surface area contributed by atoms with Gasteiger partial charge >= 0.3 is 6.09 Å². The maximum absolute atomic E-state index is 16.0. The molecule has 0 aliphatic carbocycles. The number of ether oxygens (including phenoxy) is 1. The van der Waals surface area contributed by atoms with Crippen molar-refractivity contribution in [1.82, 2.24) is 34.8 Å². The van der Waals surface area contributed by atoms with Gasteiger partial charge in [0.2, 0.25) is 0 Å². The molecular weight excluding hydrogens is 611 g/mol. The molecule has 0 N–H and O–H groups in total. The number of carbonyl (C=O) groups is 2. The number of amides is 2. The monoisotopic (exact) mass is 644 g/mol. The van der Waals surface area contributed by atoms with Gasteiger partial charge in [-0.2, -0.15) is 4.68 Å². The van der Waals surface area contributed by atoms with E-state index in [2.05, 4.69) is 25.3 Å². The number of hydrogen-bond acceptors (Lipinski definition) is 8. The van der Waals surface area contributed by atoms with E-state index < -0.39 is 29.5 Å². The molecule has 0 saturated carbocycles. The molecule has 1 aliphatic heterocycles. The third-order valence-corrected chi connectivity index (χ3v) is 8.20. The van der Waals surface area contributed by atoms with Crippen LogP contribution in [0, 0.1) is 5.82 Å². The SMILES string of the molecule is CC(C)(C)OC(=O)N1CCC[C@@H](N(C(=O)c2ccc(-n3nnc4cccnc43)cc2F)c2nccc3cc(-c4ccccn4)ccc23)C1. The van der Waals surface area contributed by atoms with E-state index in [-0.39, 0.29) is 12.1 Å². The van der Waals surface area contributed by atoms with Gasteiger partial charge in [-0.1, -0.05) is 17.3 Å². The molecule has 1 atom stereocenters. The van der Waals surface area contributed by atoms with Gasteiger partial charge in [0.15, 0.2) is 5.65 Å². The fourth-order valence-corrected chi connectivity index (χ4v) is 6.02. The van der Waals surface area contributed by atoms with E-state index >= 15 is 4.39 Å². The summed E-state index contributed by atoms with van der Waals surface area (Å²) in [5.41, 5.74) is 2.28. The van der Waals surface area contributed by atoms with E-state index in [1.165, 1.54) is 21.7 Å². The van der Waals surface area contributed by atoms with Gasteiger partial charge in [-0.05, 0) is 93.6 Å². The molecule has 0 unspecified atom stereocenters. The summed E-state index contributed by atoms with van der Waals surface area (Å²) in [4.78, 5) is 44.3. The summed E-state index contributed by atoms with van der Waals surface area (Å²) in [7, 11) is 0. The quantitative estimate of drug-likeness (QED) is 0.206. The number of aromatic nitrogens is 6. The molecule has 11 nitrogen and oxygen atoms in total. The van der Waals surface area contributed by atoms with E-state index in [4.69, 9.17) is 4.74 Å². The smallest absolute Gasteiger partial charge is 0.410 e. The Labute approximate surface area is 276 Å². The molecule has 2 aromatic carbocycles. The number of nitrogens with zero attached hydrogens (tertiary/aromatic N) is 8. The average molecular weight is 645 g/mol. The molecule has 1 fully saturated rings. The number of hydrogen-bond donors (Lipinski definition) is 0. The lowest BCUT2D eigenvalue weighted by Gasteiger charge is -2.39. The Morgan fingerprint density at radius 3 is 2.58 bits per heavy atom. The van der Waals surface area contributed by atoms with E-state index in [0.29, 0.717) is 47.4 Å². The molecule has 7 rings (SSSR count). The van der Waals surface area contributed by atoms with Crippen LogP contribution in [0.15, 0.2) is 91.4 Å². The molecular formula is C36H33FN8O3. The first-order valence-electron chi connectivity index (χ1n) is 15.7. The summed E-state index contributed by atoms with van der Waals surface area (Å²) in [5, 5.41) is 9.78. The van der Waals surface area contributed by atoms with Crippen molar-refractivity contribution in [2.75, 3.05) is 18.0 Å². The number of halogens is 1. The zero-order valence-corrected chi connectivity index (χ0v) is 26.7. The molecule has 48 heavy (non-hydrogen) atoms. The second-order valence-corrected chi connectivity index (χ2v) is 12.7. The summed E-state index contributed by atoms with van der Waals surface area (Å²) < 4.78 is 23.1. The number of carbonyl (C=O) groups excluding carboxylic acids is 2. The minimum Gasteiger partial charge on any atom is -0.444 e. The highest BCUT2D eigenvalue weighted by atomic mass is 19.1. The lowest BCUT2D eigenvalue weighted by Crippen LogP contribution is -2.53. The highest BCUT2D eigenvalue weighted by Crippen LogP contribution is 2.33. The number of benzene rings is 2. The van der Waals surface area contributed by atoms with Gasteiger partial charge in [0, 0.05) is 48.7 Å². The van der Waals surface area contributed by atoms with Crippen LogP contribution in [-0.2, 0) is 4.74 Å². The number of anilines is 1. The molecule has 6 aromatic rings. The molecule has 1 aliphatic rings. The van der Waals surface area contributed by atoms with Crippen LogP contribution in [-0.4, -0.2) is 71.6 Å². The van der Waals surface area contributed by atoms with Crippen molar-refractivity contribution in [3.63, 3.8) is 0 Å². The molecule has 4 aromatic heterocycles. The average Bonchev–Trinajstić information content (AvgIpc) is 3.52. The van der Waals surface area contributed by atoms with Gasteiger partial charge in [-0.3, -0.25) is 14.7 Å². The lowest BCUT2D eigenvalue weighted by atomic mass is 10.0. The molecule has 242 valence electrons. The summed E-state index contributed by atoms with van der Waals surface area (Å²) in [6.07, 6.45) is 5.71. The van der Waals surface area contributed by atoms with Crippen molar-refractivity contribution in [1.29, 1.82) is 0 Å². The van der Waals surface area contributed by atoms with Crippen LogP contribution in [0.25, 0.3) is 38.9 Å². The zero-order valence-electron chi connectivity index (χ0n) is 26.7. The fraction of sp³-hybridized carbons (Fsp3) is 0.250. The van der Waals surface area contributed by atoms with Gasteiger partial charge in [0.25, 0.3) is 5.91 Å². The fourth-order valence-electron chi connectivity index (χ4n) is 6.02. The number of pyridine rings is 3. The highest BCUT2D eigenvalue weighted by molar-refractivity contribution is 6.10. The van der Waals surface area contributed by atoms with Gasteiger partial charge in [0.1, 0.15) is 22.8 Å². The standard InChI is InChI=1S/C36H33FN8O3/c1-36(2,3)48-35(47)43-19-7-8-26(22-43)44(32-27-13-11-24(20-23(27)15-18-40-32)30-9-4-5-16-38-30)34(46)28-14-12-25(21-29(28)37)45-33-31(41-42-45)10-6-17-39-33/h4-6,9-18,20-21,26H,7-8,19,22H2,1-3H3/t26-/m1/s1. The van der Waals surface area contributed by atoms with Crippen molar-refractivity contribution in [3.05, 3.63) is 103 Å². The predicted molar refractivity (Wildman–Crippen MR) is 179 cm³/mol. The Bertz CT molecular complexity index is 2150. The number of piperidine rings is 1. The molecule has 0 radical (unpaired) electrons. The van der Waals surface area contributed by atoms with Gasteiger partial charge in [-0.15, -0.1) is 5.10 Å². The van der Waals surface area contributed by atoms with Crippen molar-refractivity contribution in [2.24, 2.45) is 0 Å². The van der Waals surface area contributed by atoms with E-state index in [0.717, 1.165) is 16.6 Å². The molecule has 12 heteroatoms. The van der Waals surface area contributed by atoms with Crippen molar-refractivity contribution < 1.29 is 18.7 Å². The molecule has 1 saturated heterocycles. The number of likely N-dealkylation sites (tertiary alicyclic amines) is 1. The number of fused-ring (bicyclic) bond motifs is 2. The highest BCUT2D eigenvalue weighted by Gasteiger charge is 2.36. The summed E-state index contributed by atoms with van der Waals surface area (Å²) in [6.45, 7) is 6.11. The minimum absolute atomic E-state index is 0.144. The van der Waals surface area contributed by atoms with Crippen molar-refractivity contribution in [2.45, 2.75) is 45.3 Å². The third kappa shape index (κ3) is 6.04. The minimum atomic E-state index is -0.737. The molecule has 5 heterocycles. The van der Waals surface area contributed by atoms with Crippen molar-refractivity contribution >= 4 is 39.8 Å². The predicted octanol–water partition coefficient (Wildman–Crippen LogP) is 6.61. The summed E-state index contributed by atoms with van der Waals surface area (Å²) >= 11 is 0. The number of rotatable bonds is 5. The Morgan fingerprint density at radius 2 is 1.79 bits per heavy atom. The third-order valence-electron chi connectivity index (χ3n) is 8.20. The van der Waals surface area contributed by atoms with Crippen LogP contribution in [0.1, 0.15) is 44.0 Å². The van der Waals surface area contributed by atoms with Gasteiger partial charge in [-0.25, -0.2) is 19.2 Å². The first-order valence-corrected chi connectivity index (χ1v) is 15.7. The normalized spacial score (nSPS) is 15.1. The zero-order chi connectivity index (χ0) is 33.4. The molecule has 0 spiro atoms. The van der Waals surface area contributed by atoms with Gasteiger partial charge < -0.3 is 9.64 Å². The Balaban J connectivity index is 1.30. The van der Waals surface area contributed by atoms with E-state index in [1.54, 1.807) is 41.7 Å². The van der Waals surface area contributed by atoms with E-state index in [1.807, 2.05) is 63.2 Å². The molecule has 0 bridgehead atoms. The van der Waals surface area contributed by atoms with Crippen molar-refractivity contribution in [3.8, 4) is 16.9 Å². The topological polar surface area (TPSA) is 119 Å². The lowest BCUT2D eigenvalue weighted by molar-refractivity contribution is 0.0196. The Hall–Kier alpha value is -5.78. The van der Waals surface area contributed by atoms with Crippen LogP contribution >= 0.6 is 0 Å². The van der Waals surface area contributed by atoms with Gasteiger partial charge in [0.05, 0.1) is 23.0 Å². The largest absolute Gasteiger partial charge is 0.444 e. The van der Waals surface area contributed by atoms with Crippen LogP contribution < -0.4 is 4.90 Å². The van der Waals surface area contributed by atoms with E-state index in [9.17, 15) is 9.59 Å². The van der Waals surface area contributed by atoms with Crippen LogP contribution in [0.4, 0.5) is 15.0 Å². The van der Waals surface area contributed by atoms with Crippen LogP contribution in [0.2, 0.25) is 0 Å². The second kappa shape index (κ2) is 12.4. The molecule has 2 amide bonds. The Kier molecular flexibility index (Phi) is 7.99. The van der Waals surface area contributed by atoms with Crippen LogP contribution in [0.3, 0.4) is 0 Å². The maximum Gasteiger partial charge on any atom is 0.410 e. The first kappa shape index (κ1) is 30.9. The first-order chi connectivity index (χ1) is 23.2. The summed E-state index contributed by atoms with van der Waals surface area (Å²) in [6, 6.07) is 20.7. The summed E-state index contributed by atoms with van der Waals surface area (Å²) in [5.74, 6) is -0.943. The maximum atomic E-state index is 16.0. The second-order valence-electron chi connectivity index (χ2n) is 12.7.